The van der Waals surface area contributed by atoms with E-state index < -0.39 is 5.97 Å². The molecule has 0 spiro atoms. The van der Waals surface area contributed by atoms with Crippen LogP contribution in [0.1, 0.15) is 23.4 Å². The Labute approximate surface area is 119 Å². The van der Waals surface area contributed by atoms with Crippen LogP contribution in [0.25, 0.3) is 22.1 Å². The van der Waals surface area contributed by atoms with Crippen LogP contribution in [-0.4, -0.2) is 16.9 Å². The van der Waals surface area contributed by atoms with Crippen LogP contribution in [0.2, 0.25) is 0 Å². The van der Waals surface area contributed by atoms with Crippen molar-refractivity contribution in [2.24, 2.45) is 0 Å². The van der Waals surface area contributed by atoms with Crippen LogP contribution >= 0.6 is 0 Å². The van der Waals surface area contributed by atoms with Crippen LogP contribution in [0, 0.1) is 0 Å². The Bertz CT molecular complexity index is 809. The number of ketones is 1. The molecule has 2 aromatic heterocycles. The summed E-state index contributed by atoms with van der Waals surface area (Å²) in [5.41, 5.74) is 2.39. The molecule has 1 N–H and O–H groups in total. The highest BCUT2D eigenvalue weighted by molar-refractivity contribution is 5.96. The van der Waals surface area contributed by atoms with Gasteiger partial charge < -0.3 is 13.9 Å². The average Bonchev–Trinajstić information content (AvgIpc) is 3.12. The van der Waals surface area contributed by atoms with E-state index in [4.69, 9.17) is 13.9 Å². The zero-order chi connectivity index (χ0) is 14.8. The molecule has 0 saturated heterocycles. The second kappa shape index (κ2) is 5.28. The van der Waals surface area contributed by atoms with Gasteiger partial charge in [-0.2, -0.15) is 0 Å². The first-order chi connectivity index (χ1) is 10.1. The van der Waals surface area contributed by atoms with Crippen molar-refractivity contribution in [1.29, 1.82) is 0 Å². The molecular weight excluding hydrogens is 272 g/mol. The number of carbonyl (C=O) groups excluding carboxylic acids is 1. The number of aliphatic carboxylic acids is 1. The van der Waals surface area contributed by atoms with Crippen molar-refractivity contribution in [1.82, 2.24) is 0 Å². The summed E-state index contributed by atoms with van der Waals surface area (Å²) in [5.74, 6) is -1.15. The van der Waals surface area contributed by atoms with Crippen molar-refractivity contribution in [3.63, 3.8) is 0 Å². The minimum atomic E-state index is -1.00. The number of carboxylic acid groups (broad SMARTS) is 1. The highest BCUT2D eigenvalue weighted by Crippen LogP contribution is 2.27. The predicted molar refractivity (Wildman–Crippen MR) is 75.1 cm³/mol. The topological polar surface area (TPSA) is 80.6 Å². The first-order valence-electron chi connectivity index (χ1n) is 6.44. The number of Topliss-reactive ketones (excluding diaryl/α,β-unsaturated/α-hetero) is 1. The molecule has 0 fully saturated rings. The van der Waals surface area contributed by atoms with Crippen molar-refractivity contribution in [3.8, 4) is 11.1 Å². The molecule has 106 valence electrons. The van der Waals surface area contributed by atoms with Gasteiger partial charge >= 0.3 is 5.97 Å². The zero-order valence-corrected chi connectivity index (χ0v) is 11.0. The van der Waals surface area contributed by atoms with E-state index in [1.54, 1.807) is 12.3 Å². The Morgan fingerprint density at radius 2 is 1.86 bits per heavy atom. The van der Waals surface area contributed by atoms with Gasteiger partial charge in [0.15, 0.2) is 11.5 Å². The number of furan rings is 2. The third-order valence-corrected chi connectivity index (χ3v) is 3.23. The molecule has 5 heteroatoms. The fourth-order valence-electron chi connectivity index (χ4n) is 2.11. The lowest BCUT2D eigenvalue weighted by Gasteiger charge is -1.96. The molecule has 5 nitrogen and oxygen atoms in total. The van der Waals surface area contributed by atoms with Gasteiger partial charge in [-0.05, 0) is 23.8 Å². The van der Waals surface area contributed by atoms with Gasteiger partial charge in [0, 0.05) is 17.4 Å². The second-order valence-electron chi connectivity index (χ2n) is 4.69. The SMILES string of the molecule is O=C(O)CCC(=O)c1cc(-c2ccc3ccoc3c2)co1. The number of carbonyl (C=O) groups is 2. The van der Waals surface area contributed by atoms with Crippen LogP contribution in [0.3, 0.4) is 0 Å². The van der Waals surface area contributed by atoms with Gasteiger partial charge in [-0.15, -0.1) is 0 Å². The molecule has 21 heavy (non-hydrogen) atoms. The molecule has 0 aliphatic rings. The Morgan fingerprint density at radius 3 is 2.67 bits per heavy atom. The molecule has 1 aromatic carbocycles. The summed E-state index contributed by atoms with van der Waals surface area (Å²) in [5, 5.41) is 9.58. The second-order valence-corrected chi connectivity index (χ2v) is 4.69. The van der Waals surface area contributed by atoms with Crippen LogP contribution in [0.5, 0.6) is 0 Å². The van der Waals surface area contributed by atoms with Crippen LogP contribution in [0.15, 0.2) is 51.7 Å². The predicted octanol–water partition coefficient (Wildman–Crippen LogP) is 3.74. The molecule has 3 rings (SSSR count). The molecule has 0 saturated carbocycles. The van der Waals surface area contributed by atoms with Crippen molar-refractivity contribution >= 4 is 22.7 Å². The van der Waals surface area contributed by atoms with Gasteiger partial charge in [0.25, 0.3) is 0 Å². The number of carboxylic acids is 1. The molecule has 0 aliphatic heterocycles. The quantitative estimate of drug-likeness (QED) is 0.722. The standard InChI is InChI=1S/C16H12O5/c17-13(3-4-16(18)19)15-8-12(9-21-15)11-2-1-10-5-6-20-14(10)7-11/h1-2,5-9H,3-4H2,(H,18,19). The molecule has 2 heterocycles. The number of hydrogen-bond acceptors (Lipinski definition) is 4. The van der Waals surface area contributed by atoms with Gasteiger partial charge in [-0.3, -0.25) is 9.59 Å². The van der Waals surface area contributed by atoms with Gasteiger partial charge in [-0.25, -0.2) is 0 Å². The van der Waals surface area contributed by atoms with Crippen molar-refractivity contribution < 1.29 is 23.5 Å². The number of rotatable bonds is 5. The first kappa shape index (κ1) is 13.2. The van der Waals surface area contributed by atoms with Gasteiger partial charge in [0.1, 0.15) is 5.58 Å². The van der Waals surface area contributed by atoms with Crippen LogP contribution < -0.4 is 0 Å². The van der Waals surface area contributed by atoms with E-state index in [9.17, 15) is 9.59 Å². The summed E-state index contributed by atoms with van der Waals surface area (Å²) < 4.78 is 10.6. The summed E-state index contributed by atoms with van der Waals surface area (Å²) >= 11 is 0. The summed E-state index contributed by atoms with van der Waals surface area (Å²) in [7, 11) is 0. The number of hydrogen-bond donors (Lipinski definition) is 1. The monoisotopic (exact) mass is 284 g/mol. The molecule has 0 radical (unpaired) electrons. The van der Waals surface area contributed by atoms with E-state index in [-0.39, 0.29) is 24.4 Å². The van der Waals surface area contributed by atoms with Crippen LogP contribution in [-0.2, 0) is 4.79 Å². The van der Waals surface area contributed by atoms with Gasteiger partial charge in [0.05, 0.1) is 18.9 Å². The normalized spacial score (nSPS) is 10.9. The lowest BCUT2D eigenvalue weighted by molar-refractivity contribution is -0.136. The maximum absolute atomic E-state index is 11.8. The van der Waals surface area contributed by atoms with E-state index in [0.717, 1.165) is 22.1 Å². The van der Waals surface area contributed by atoms with Crippen LogP contribution in [0.4, 0.5) is 0 Å². The van der Waals surface area contributed by atoms with E-state index in [1.807, 2.05) is 24.3 Å². The smallest absolute Gasteiger partial charge is 0.303 e. The third-order valence-electron chi connectivity index (χ3n) is 3.23. The summed E-state index contributed by atoms with van der Waals surface area (Å²) in [4.78, 5) is 22.3. The lowest BCUT2D eigenvalue weighted by Crippen LogP contribution is -2.02. The minimum Gasteiger partial charge on any atom is -0.481 e. The highest BCUT2D eigenvalue weighted by atomic mass is 16.4. The van der Waals surface area contributed by atoms with Crippen molar-refractivity contribution in [2.75, 3.05) is 0 Å². The molecular formula is C16H12O5. The van der Waals surface area contributed by atoms with Gasteiger partial charge in [-0.1, -0.05) is 12.1 Å². The Kier molecular flexibility index (Phi) is 3.31. The molecule has 0 aliphatic carbocycles. The average molecular weight is 284 g/mol. The van der Waals surface area contributed by atoms with E-state index in [1.165, 1.54) is 6.26 Å². The minimum absolute atomic E-state index is 0.0699. The van der Waals surface area contributed by atoms with Gasteiger partial charge in [0.2, 0.25) is 0 Å². The third kappa shape index (κ3) is 2.72. The molecule has 3 aromatic rings. The number of benzene rings is 1. The number of fused-ring (bicyclic) bond motifs is 1. The maximum Gasteiger partial charge on any atom is 0.303 e. The fraction of sp³-hybridized carbons (Fsp3) is 0.125. The van der Waals surface area contributed by atoms with Crippen molar-refractivity contribution in [3.05, 3.63) is 48.6 Å². The molecule has 0 unspecified atom stereocenters. The Morgan fingerprint density at radius 1 is 1.00 bits per heavy atom. The molecule has 0 bridgehead atoms. The molecule has 0 amide bonds. The Hall–Kier alpha value is -2.82. The summed E-state index contributed by atoms with van der Waals surface area (Å²) in [6.07, 6.45) is 2.83. The summed E-state index contributed by atoms with van der Waals surface area (Å²) in [6.45, 7) is 0. The maximum atomic E-state index is 11.8. The van der Waals surface area contributed by atoms with E-state index in [2.05, 4.69) is 0 Å². The highest BCUT2D eigenvalue weighted by Gasteiger charge is 2.14. The van der Waals surface area contributed by atoms with E-state index in [0.29, 0.717) is 0 Å². The largest absolute Gasteiger partial charge is 0.481 e. The van der Waals surface area contributed by atoms with E-state index >= 15 is 0 Å². The summed E-state index contributed by atoms with van der Waals surface area (Å²) in [6, 6.07) is 9.19. The fourth-order valence-corrected chi connectivity index (χ4v) is 2.11. The zero-order valence-electron chi connectivity index (χ0n) is 11.0. The Balaban J connectivity index is 1.83. The first-order valence-corrected chi connectivity index (χ1v) is 6.44. The van der Waals surface area contributed by atoms with Crippen molar-refractivity contribution in [2.45, 2.75) is 12.8 Å². The lowest BCUT2D eigenvalue weighted by atomic mass is 10.1. The molecule has 0 atom stereocenters.